The van der Waals surface area contributed by atoms with Crippen LogP contribution in [0.3, 0.4) is 0 Å². The van der Waals surface area contributed by atoms with E-state index in [4.69, 9.17) is 0 Å². The van der Waals surface area contributed by atoms with Crippen molar-refractivity contribution in [1.29, 1.82) is 0 Å². The number of rotatable bonds is 7. The van der Waals surface area contributed by atoms with Crippen LogP contribution in [0.1, 0.15) is 33.4 Å². The van der Waals surface area contributed by atoms with Gasteiger partial charge in [0.2, 0.25) is 0 Å². The smallest absolute Gasteiger partial charge is 0.255 e. The molecular weight excluding hydrogens is 537 g/mol. The van der Waals surface area contributed by atoms with Gasteiger partial charge in [0.05, 0.1) is 0 Å². The van der Waals surface area contributed by atoms with Gasteiger partial charge in [0.25, 0.3) is 6.71 Å². The lowest BCUT2D eigenvalue weighted by atomic mass is 9.37. The van der Waals surface area contributed by atoms with Crippen molar-refractivity contribution in [2.45, 2.75) is 41.5 Å². The highest BCUT2D eigenvalue weighted by molar-refractivity contribution is 7.29. The SMILES string of the molecule is Cc1cc(C)c(B(c2ccc(-c3ccc(N(c4ccccc4)c4ccccc4)cc3)s2)c2c(C)cc(C)cc2C)c(C)c1. The summed E-state index contributed by atoms with van der Waals surface area (Å²) in [5.74, 6) is 0. The summed E-state index contributed by atoms with van der Waals surface area (Å²) in [4.78, 5) is 3.60. The van der Waals surface area contributed by atoms with Crippen molar-refractivity contribution in [1.82, 2.24) is 0 Å². The lowest BCUT2D eigenvalue weighted by Gasteiger charge is -2.25. The molecule has 0 amide bonds. The Hall–Kier alpha value is -4.34. The molecule has 0 unspecified atom stereocenters. The molecule has 5 aromatic carbocycles. The topological polar surface area (TPSA) is 3.24 Å². The number of aryl methyl sites for hydroxylation is 6. The van der Waals surface area contributed by atoms with Crippen molar-refractivity contribution < 1.29 is 0 Å². The van der Waals surface area contributed by atoms with Gasteiger partial charge in [0, 0.05) is 21.9 Å². The summed E-state index contributed by atoms with van der Waals surface area (Å²) in [6.45, 7) is 13.7. The summed E-state index contributed by atoms with van der Waals surface area (Å²) in [6, 6.07) is 44.2. The van der Waals surface area contributed by atoms with Crippen LogP contribution in [0.5, 0.6) is 0 Å². The first-order valence-corrected chi connectivity index (χ1v) is 15.9. The highest BCUT2D eigenvalue weighted by Crippen LogP contribution is 2.35. The summed E-state index contributed by atoms with van der Waals surface area (Å²) in [5, 5.41) is 0. The average Bonchev–Trinajstić information content (AvgIpc) is 3.47. The minimum Gasteiger partial charge on any atom is -0.311 e. The summed E-state index contributed by atoms with van der Waals surface area (Å²) in [5.41, 5.74) is 15.7. The Kier molecular flexibility index (Phi) is 8.10. The zero-order chi connectivity index (χ0) is 30.1. The van der Waals surface area contributed by atoms with Gasteiger partial charge >= 0.3 is 0 Å². The van der Waals surface area contributed by atoms with Gasteiger partial charge in [0.1, 0.15) is 0 Å². The van der Waals surface area contributed by atoms with E-state index in [1.807, 2.05) is 11.3 Å². The molecule has 212 valence electrons. The summed E-state index contributed by atoms with van der Waals surface area (Å²) in [6.07, 6.45) is 0. The van der Waals surface area contributed by atoms with E-state index in [2.05, 4.69) is 168 Å². The van der Waals surface area contributed by atoms with Gasteiger partial charge in [-0.3, -0.25) is 0 Å². The Balaban J connectivity index is 1.41. The van der Waals surface area contributed by atoms with Gasteiger partial charge < -0.3 is 4.90 Å². The van der Waals surface area contributed by atoms with Crippen LogP contribution in [0.4, 0.5) is 17.1 Å². The molecule has 0 bridgehead atoms. The van der Waals surface area contributed by atoms with Gasteiger partial charge in [0.15, 0.2) is 0 Å². The molecule has 1 heterocycles. The second kappa shape index (κ2) is 12.1. The summed E-state index contributed by atoms with van der Waals surface area (Å²) in [7, 11) is 0. The first-order chi connectivity index (χ1) is 20.8. The predicted octanol–water partition coefficient (Wildman–Crippen LogP) is 9.25. The molecule has 0 spiro atoms. The molecule has 0 radical (unpaired) electrons. The summed E-state index contributed by atoms with van der Waals surface area (Å²) >= 11 is 1.92. The Labute approximate surface area is 261 Å². The molecule has 0 aliphatic rings. The van der Waals surface area contributed by atoms with Crippen molar-refractivity contribution in [3.63, 3.8) is 0 Å². The van der Waals surface area contributed by atoms with E-state index in [1.165, 1.54) is 59.5 Å². The first-order valence-electron chi connectivity index (χ1n) is 15.1. The second-order valence-corrected chi connectivity index (χ2v) is 12.9. The largest absolute Gasteiger partial charge is 0.311 e. The first kappa shape index (κ1) is 28.8. The third-order valence-corrected chi connectivity index (χ3v) is 9.60. The molecule has 6 rings (SSSR count). The fraction of sp³-hybridized carbons (Fsp3) is 0.150. The van der Waals surface area contributed by atoms with E-state index in [9.17, 15) is 0 Å². The van der Waals surface area contributed by atoms with Gasteiger partial charge in [-0.05, 0) is 94.3 Å². The van der Waals surface area contributed by atoms with Crippen LogP contribution in [0, 0.1) is 41.5 Å². The molecule has 0 saturated carbocycles. The Morgan fingerprint density at radius 1 is 0.465 bits per heavy atom. The number of benzene rings is 5. The van der Waals surface area contributed by atoms with E-state index in [0.717, 1.165) is 17.1 Å². The van der Waals surface area contributed by atoms with E-state index in [1.54, 1.807) is 0 Å². The van der Waals surface area contributed by atoms with E-state index in [0.29, 0.717) is 0 Å². The van der Waals surface area contributed by atoms with Crippen molar-refractivity contribution in [3.05, 3.63) is 155 Å². The third-order valence-electron chi connectivity index (χ3n) is 8.40. The minimum absolute atomic E-state index is 0.200. The molecule has 0 fully saturated rings. The Morgan fingerprint density at radius 3 is 1.33 bits per heavy atom. The van der Waals surface area contributed by atoms with Gasteiger partial charge in [-0.2, -0.15) is 0 Å². The molecule has 1 aromatic heterocycles. The van der Waals surface area contributed by atoms with Crippen molar-refractivity contribution in [3.8, 4) is 10.4 Å². The quantitative estimate of drug-likeness (QED) is 0.172. The molecule has 1 nitrogen and oxygen atoms in total. The summed E-state index contributed by atoms with van der Waals surface area (Å²) < 4.78 is 1.39. The van der Waals surface area contributed by atoms with Crippen LogP contribution in [-0.2, 0) is 0 Å². The maximum Gasteiger partial charge on any atom is 0.255 e. The maximum atomic E-state index is 2.36. The van der Waals surface area contributed by atoms with Crippen LogP contribution in [0.2, 0.25) is 0 Å². The normalized spacial score (nSPS) is 11.0. The minimum atomic E-state index is 0.200. The zero-order valence-corrected chi connectivity index (χ0v) is 26.8. The molecule has 0 saturated heterocycles. The van der Waals surface area contributed by atoms with Gasteiger partial charge in [-0.15, -0.1) is 11.3 Å². The maximum absolute atomic E-state index is 2.36. The monoisotopic (exact) mass is 575 g/mol. The van der Waals surface area contributed by atoms with Crippen LogP contribution < -0.4 is 20.6 Å². The van der Waals surface area contributed by atoms with Crippen molar-refractivity contribution >= 4 is 50.8 Å². The van der Waals surface area contributed by atoms with Crippen LogP contribution in [0.15, 0.2) is 121 Å². The number of nitrogens with zero attached hydrogens (tertiary/aromatic N) is 1. The van der Waals surface area contributed by atoms with Crippen LogP contribution in [-0.4, -0.2) is 6.71 Å². The Bertz CT molecular complexity index is 1730. The highest BCUT2D eigenvalue weighted by atomic mass is 32.1. The second-order valence-electron chi connectivity index (χ2n) is 11.8. The molecular formula is C40H38BNS. The average molecular weight is 576 g/mol. The van der Waals surface area contributed by atoms with Crippen molar-refractivity contribution in [2.24, 2.45) is 0 Å². The predicted molar refractivity (Wildman–Crippen MR) is 190 cm³/mol. The van der Waals surface area contributed by atoms with Crippen LogP contribution in [0.25, 0.3) is 10.4 Å². The standard InChI is InChI=1S/C40H38BNS/c1-27-23-29(3)39(30(4)24-27)41(40-31(5)25-28(2)26-32(40)6)38-22-21-37(43-38)33-17-19-36(20-18-33)42(34-13-9-7-10-14-34)35-15-11-8-12-16-35/h7-26H,1-6H3. The molecule has 0 aliphatic heterocycles. The number of hydrogen-bond acceptors (Lipinski definition) is 2. The molecule has 0 atom stereocenters. The zero-order valence-electron chi connectivity index (χ0n) is 26.0. The van der Waals surface area contributed by atoms with Crippen LogP contribution >= 0.6 is 11.3 Å². The van der Waals surface area contributed by atoms with Gasteiger partial charge in [-0.25, -0.2) is 0 Å². The van der Waals surface area contributed by atoms with E-state index in [-0.39, 0.29) is 6.71 Å². The number of para-hydroxylation sites is 2. The highest BCUT2D eigenvalue weighted by Gasteiger charge is 2.30. The molecule has 0 N–H and O–H groups in total. The van der Waals surface area contributed by atoms with Crippen molar-refractivity contribution in [2.75, 3.05) is 4.90 Å². The number of anilines is 3. The molecule has 43 heavy (non-hydrogen) atoms. The fourth-order valence-electron chi connectivity index (χ4n) is 6.76. The number of thiophene rings is 1. The van der Waals surface area contributed by atoms with E-state index < -0.39 is 0 Å². The molecule has 3 heteroatoms. The fourth-order valence-corrected chi connectivity index (χ4v) is 7.89. The lowest BCUT2D eigenvalue weighted by Crippen LogP contribution is -2.54. The number of hydrogen-bond donors (Lipinski definition) is 0. The van der Waals surface area contributed by atoms with Gasteiger partial charge in [-0.1, -0.05) is 123 Å². The molecule has 0 aliphatic carbocycles. The Morgan fingerprint density at radius 2 is 0.884 bits per heavy atom. The van der Waals surface area contributed by atoms with E-state index >= 15 is 0 Å². The molecule has 6 aromatic rings. The third kappa shape index (κ3) is 5.83. The lowest BCUT2D eigenvalue weighted by molar-refractivity contribution is 1.28.